The van der Waals surface area contributed by atoms with E-state index in [1.807, 2.05) is 0 Å². The molecule has 0 atom stereocenters. The van der Waals surface area contributed by atoms with E-state index in [1.165, 1.54) is 31.0 Å². The molecule has 1 aromatic heterocycles. The lowest BCUT2D eigenvalue weighted by Gasteiger charge is -2.11. The number of carbonyl (C=O) groups excluding carboxylic acids is 1. The number of aromatic nitrogens is 2. The van der Waals surface area contributed by atoms with Crippen LogP contribution in [0.5, 0.6) is 11.5 Å². The number of benzene rings is 2. The van der Waals surface area contributed by atoms with Crippen molar-refractivity contribution in [3.63, 3.8) is 0 Å². The van der Waals surface area contributed by atoms with Crippen molar-refractivity contribution in [1.82, 2.24) is 10.2 Å². The average molecular weight is 399 g/mol. The Labute approximate surface area is 166 Å². The second-order valence-corrected chi connectivity index (χ2v) is 6.66. The van der Waals surface area contributed by atoms with Crippen LogP contribution in [0, 0.1) is 5.82 Å². The fourth-order valence-corrected chi connectivity index (χ4v) is 3.01. The standard InChI is InChI=1S/C20H18FN3O3S/c1-26-15-7-8-17(18(11-15)27-2)22-19(25)12-28-20-10-9-16(23-24-20)13-3-5-14(21)6-4-13/h3-11H,12H2,1-2H3,(H,22,25). The molecule has 0 aliphatic heterocycles. The summed E-state index contributed by atoms with van der Waals surface area (Å²) in [6.45, 7) is 0. The summed E-state index contributed by atoms with van der Waals surface area (Å²) in [4.78, 5) is 12.2. The molecule has 0 saturated heterocycles. The number of nitrogens with one attached hydrogen (secondary N) is 1. The van der Waals surface area contributed by atoms with E-state index in [1.54, 1.807) is 49.6 Å². The Bertz CT molecular complexity index is 950. The van der Waals surface area contributed by atoms with Gasteiger partial charge in [0.2, 0.25) is 5.91 Å². The normalized spacial score (nSPS) is 10.4. The van der Waals surface area contributed by atoms with Crippen molar-refractivity contribution in [3.8, 4) is 22.8 Å². The van der Waals surface area contributed by atoms with Crippen LogP contribution in [0.3, 0.4) is 0 Å². The van der Waals surface area contributed by atoms with Crippen molar-refractivity contribution in [2.45, 2.75) is 5.03 Å². The number of ether oxygens (including phenoxy) is 2. The summed E-state index contributed by atoms with van der Waals surface area (Å²) >= 11 is 1.26. The zero-order valence-electron chi connectivity index (χ0n) is 15.3. The van der Waals surface area contributed by atoms with E-state index in [2.05, 4.69) is 15.5 Å². The second-order valence-electron chi connectivity index (χ2n) is 5.67. The van der Waals surface area contributed by atoms with Gasteiger partial charge in [0.1, 0.15) is 22.3 Å². The number of anilines is 1. The molecule has 28 heavy (non-hydrogen) atoms. The van der Waals surface area contributed by atoms with Gasteiger partial charge in [-0.25, -0.2) is 4.39 Å². The minimum absolute atomic E-state index is 0.166. The summed E-state index contributed by atoms with van der Waals surface area (Å²) in [6, 6.07) is 14.7. The Hall–Kier alpha value is -3.13. The number of carbonyl (C=O) groups is 1. The maximum Gasteiger partial charge on any atom is 0.234 e. The van der Waals surface area contributed by atoms with Crippen molar-refractivity contribution in [2.24, 2.45) is 0 Å². The molecule has 6 nitrogen and oxygen atoms in total. The largest absolute Gasteiger partial charge is 0.497 e. The minimum Gasteiger partial charge on any atom is -0.497 e. The van der Waals surface area contributed by atoms with Gasteiger partial charge in [-0.05, 0) is 48.5 Å². The topological polar surface area (TPSA) is 73.3 Å². The number of hydrogen-bond acceptors (Lipinski definition) is 6. The summed E-state index contributed by atoms with van der Waals surface area (Å²) in [6.07, 6.45) is 0. The number of methoxy groups -OCH3 is 2. The third-order valence-corrected chi connectivity index (χ3v) is 4.73. The van der Waals surface area contributed by atoms with E-state index in [4.69, 9.17) is 9.47 Å². The Morgan fingerprint density at radius 3 is 2.46 bits per heavy atom. The molecule has 0 saturated carbocycles. The molecule has 2 aromatic carbocycles. The zero-order chi connectivity index (χ0) is 19.9. The van der Waals surface area contributed by atoms with Crippen molar-refractivity contribution in [2.75, 3.05) is 25.3 Å². The summed E-state index contributed by atoms with van der Waals surface area (Å²) < 4.78 is 23.4. The number of rotatable bonds is 7. The maximum atomic E-state index is 13.0. The first-order valence-electron chi connectivity index (χ1n) is 8.33. The molecule has 0 radical (unpaired) electrons. The zero-order valence-corrected chi connectivity index (χ0v) is 16.1. The van der Waals surface area contributed by atoms with E-state index < -0.39 is 0 Å². The van der Waals surface area contributed by atoms with Gasteiger partial charge < -0.3 is 14.8 Å². The monoisotopic (exact) mass is 399 g/mol. The fourth-order valence-electron chi connectivity index (χ4n) is 2.40. The van der Waals surface area contributed by atoms with Crippen LogP contribution in [0.2, 0.25) is 0 Å². The Morgan fingerprint density at radius 2 is 1.82 bits per heavy atom. The van der Waals surface area contributed by atoms with Crippen molar-refractivity contribution in [3.05, 3.63) is 60.4 Å². The van der Waals surface area contributed by atoms with Gasteiger partial charge in [-0.2, -0.15) is 0 Å². The van der Waals surface area contributed by atoms with Crippen LogP contribution in [-0.4, -0.2) is 36.1 Å². The first-order chi connectivity index (χ1) is 13.6. The lowest BCUT2D eigenvalue weighted by atomic mass is 10.1. The summed E-state index contributed by atoms with van der Waals surface area (Å²) in [5.74, 6) is 0.822. The molecule has 0 spiro atoms. The molecule has 0 fully saturated rings. The van der Waals surface area contributed by atoms with Crippen LogP contribution >= 0.6 is 11.8 Å². The first-order valence-corrected chi connectivity index (χ1v) is 9.32. The quantitative estimate of drug-likeness (QED) is 0.605. The second kappa shape index (κ2) is 9.18. The predicted octanol–water partition coefficient (Wildman–Crippen LogP) is 4.03. The number of amides is 1. The van der Waals surface area contributed by atoms with Crippen molar-refractivity contribution in [1.29, 1.82) is 0 Å². The van der Waals surface area contributed by atoms with Crippen LogP contribution in [-0.2, 0) is 4.79 Å². The minimum atomic E-state index is -0.302. The van der Waals surface area contributed by atoms with E-state index in [-0.39, 0.29) is 17.5 Å². The molecule has 1 amide bonds. The molecule has 8 heteroatoms. The van der Waals surface area contributed by atoms with Gasteiger partial charge in [-0.1, -0.05) is 11.8 Å². The number of nitrogens with zero attached hydrogens (tertiary/aromatic N) is 2. The Morgan fingerprint density at radius 1 is 1.04 bits per heavy atom. The average Bonchev–Trinajstić information content (AvgIpc) is 2.73. The number of thioether (sulfide) groups is 1. The highest BCUT2D eigenvalue weighted by atomic mass is 32.2. The van der Waals surface area contributed by atoms with Gasteiger partial charge >= 0.3 is 0 Å². The van der Waals surface area contributed by atoms with Crippen molar-refractivity contribution < 1.29 is 18.7 Å². The molecule has 0 bridgehead atoms. The fraction of sp³-hybridized carbons (Fsp3) is 0.150. The van der Waals surface area contributed by atoms with Gasteiger partial charge in [0.05, 0.1) is 31.4 Å². The first kappa shape index (κ1) is 19.6. The molecule has 0 unspecified atom stereocenters. The summed E-state index contributed by atoms with van der Waals surface area (Å²) in [7, 11) is 3.09. The molecule has 0 aliphatic carbocycles. The summed E-state index contributed by atoms with van der Waals surface area (Å²) in [5.41, 5.74) is 1.97. The lowest BCUT2D eigenvalue weighted by Crippen LogP contribution is -2.14. The Balaban J connectivity index is 1.58. The molecule has 1 N–H and O–H groups in total. The molecule has 1 heterocycles. The highest BCUT2D eigenvalue weighted by Crippen LogP contribution is 2.29. The molecular formula is C20H18FN3O3S. The Kier molecular flexibility index (Phi) is 6.44. The molecular weight excluding hydrogens is 381 g/mol. The highest BCUT2D eigenvalue weighted by molar-refractivity contribution is 7.99. The van der Waals surface area contributed by atoms with Crippen molar-refractivity contribution >= 4 is 23.4 Å². The molecule has 3 aromatic rings. The van der Waals surface area contributed by atoms with Crippen LogP contribution < -0.4 is 14.8 Å². The van der Waals surface area contributed by atoms with Crippen LogP contribution in [0.25, 0.3) is 11.3 Å². The summed E-state index contributed by atoms with van der Waals surface area (Å²) in [5, 5.41) is 11.7. The van der Waals surface area contributed by atoms with Crippen LogP contribution in [0.1, 0.15) is 0 Å². The van der Waals surface area contributed by atoms with E-state index >= 15 is 0 Å². The van der Waals surface area contributed by atoms with Gasteiger partial charge in [-0.15, -0.1) is 10.2 Å². The molecule has 3 rings (SSSR count). The molecule has 0 aliphatic rings. The smallest absolute Gasteiger partial charge is 0.234 e. The van der Waals surface area contributed by atoms with E-state index in [0.717, 1.165) is 5.56 Å². The van der Waals surface area contributed by atoms with Gasteiger partial charge in [0.25, 0.3) is 0 Å². The number of hydrogen-bond donors (Lipinski definition) is 1. The van der Waals surface area contributed by atoms with E-state index in [0.29, 0.717) is 27.9 Å². The highest BCUT2D eigenvalue weighted by Gasteiger charge is 2.10. The van der Waals surface area contributed by atoms with Gasteiger partial charge in [0, 0.05) is 11.6 Å². The third kappa shape index (κ3) is 4.98. The lowest BCUT2D eigenvalue weighted by molar-refractivity contribution is -0.113. The van der Waals surface area contributed by atoms with Gasteiger partial charge in [-0.3, -0.25) is 4.79 Å². The number of halogens is 1. The van der Waals surface area contributed by atoms with Crippen LogP contribution in [0.4, 0.5) is 10.1 Å². The third-order valence-electron chi connectivity index (χ3n) is 3.81. The SMILES string of the molecule is COc1ccc(NC(=O)CSc2ccc(-c3ccc(F)cc3)nn2)c(OC)c1. The molecule has 144 valence electrons. The van der Waals surface area contributed by atoms with Gasteiger partial charge in [0.15, 0.2) is 0 Å². The van der Waals surface area contributed by atoms with Crippen LogP contribution in [0.15, 0.2) is 59.6 Å². The maximum absolute atomic E-state index is 13.0. The predicted molar refractivity (Wildman–Crippen MR) is 106 cm³/mol. The van der Waals surface area contributed by atoms with E-state index in [9.17, 15) is 9.18 Å².